The molecule has 0 N–H and O–H groups in total. The molecule has 0 bridgehead atoms. The second kappa shape index (κ2) is 5.22. The molecule has 0 amide bonds. The fourth-order valence-corrected chi connectivity index (χ4v) is 2.57. The Morgan fingerprint density at radius 1 is 1.00 bits per heavy atom. The zero-order chi connectivity index (χ0) is 14.1. The van der Waals surface area contributed by atoms with E-state index in [1.165, 1.54) is 0 Å². The van der Waals surface area contributed by atoms with Gasteiger partial charge in [0.15, 0.2) is 0 Å². The van der Waals surface area contributed by atoms with Crippen molar-refractivity contribution in [1.82, 2.24) is 0 Å². The molecule has 20 heavy (non-hydrogen) atoms. The average Bonchev–Trinajstić information content (AvgIpc) is 2.92. The smallest absolute Gasteiger partial charge is 0.119 e. The number of hydrogen-bond acceptors (Lipinski definition) is 2. The number of ether oxygens (including phenoxy) is 1. The van der Waals surface area contributed by atoms with Gasteiger partial charge in [-0.05, 0) is 47.5 Å². The number of aryl methyl sites for hydroxylation is 1. The number of hydrogen-bond donors (Lipinski definition) is 0. The zero-order valence-corrected chi connectivity index (χ0v) is 12.1. The van der Waals surface area contributed by atoms with Crippen LogP contribution >= 0.6 is 11.6 Å². The van der Waals surface area contributed by atoms with Gasteiger partial charge in [-0.15, -0.1) is 11.6 Å². The summed E-state index contributed by atoms with van der Waals surface area (Å²) >= 11 is 6.52. The summed E-state index contributed by atoms with van der Waals surface area (Å²) in [6, 6.07) is 14.2. The monoisotopic (exact) mass is 286 g/mol. The Morgan fingerprint density at radius 3 is 2.45 bits per heavy atom. The maximum absolute atomic E-state index is 6.52. The minimum atomic E-state index is -0.195. The largest absolute Gasteiger partial charge is 0.497 e. The van der Waals surface area contributed by atoms with Crippen molar-refractivity contribution in [3.05, 3.63) is 65.6 Å². The number of halogens is 1. The molecular weight excluding hydrogens is 272 g/mol. The summed E-state index contributed by atoms with van der Waals surface area (Å²) in [5.74, 6) is 1.73. The first-order chi connectivity index (χ1) is 9.67. The lowest BCUT2D eigenvalue weighted by atomic mass is 10.0. The first-order valence-corrected chi connectivity index (χ1v) is 6.88. The van der Waals surface area contributed by atoms with Gasteiger partial charge in [0, 0.05) is 5.56 Å². The molecule has 2 aromatic carbocycles. The molecule has 0 fully saturated rings. The topological polar surface area (TPSA) is 22.4 Å². The third-order valence-electron chi connectivity index (χ3n) is 3.41. The standard InChI is InChI=1S/C17H15ClO2/c1-11-7-15(10-20-11)17(18)14-4-3-13-9-16(19-2)6-5-12(13)8-14/h3-10,17H,1-2H3. The van der Waals surface area contributed by atoms with Crippen molar-refractivity contribution in [2.45, 2.75) is 12.3 Å². The van der Waals surface area contributed by atoms with Crippen molar-refractivity contribution in [1.29, 1.82) is 0 Å². The number of rotatable bonds is 3. The van der Waals surface area contributed by atoms with Crippen LogP contribution in [0.25, 0.3) is 10.8 Å². The van der Waals surface area contributed by atoms with Gasteiger partial charge in [-0.25, -0.2) is 0 Å². The average molecular weight is 287 g/mol. The Kier molecular flexibility index (Phi) is 3.41. The highest BCUT2D eigenvalue weighted by atomic mass is 35.5. The van der Waals surface area contributed by atoms with Gasteiger partial charge in [-0.3, -0.25) is 0 Å². The van der Waals surface area contributed by atoms with Gasteiger partial charge in [0.2, 0.25) is 0 Å². The third-order valence-corrected chi connectivity index (χ3v) is 3.91. The highest BCUT2D eigenvalue weighted by molar-refractivity contribution is 6.22. The zero-order valence-electron chi connectivity index (χ0n) is 11.4. The van der Waals surface area contributed by atoms with E-state index >= 15 is 0 Å². The molecule has 102 valence electrons. The molecule has 0 aliphatic carbocycles. The molecule has 1 aromatic heterocycles. The Morgan fingerprint density at radius 2 is 1.75 bits per heavy atom. The molecule has 0 saturated heterocycles. The van der Waals surface area contributed by atoms with E-state index in [2.05, 4.69) is 12.1 Å². The Hall–Kier alpha value is -1.93. The Labute approximate surface area is 122 Å². The second-order valence-corrected chi connectivity index (χ2v) is 5.26. The molecule has 3 aromatic rings. The van der Waals surface area contributed by atoms with Crippen LogP contribution in [0.4, 0.5) is 0 Å². The van der Waals surface area contributed by atoms with E-state index in [-0.39, 0.29) is 5.38 Å². The summed E-state index contributed by atoms with van der Waals surface area (Å²) in [5, 5.41) is 2.09. The molecule has 0 spiro atoms. The molecule has 1 heterocycles. The lowest BCUT2D eigenvalue weighted by Crippen LogP contribution is -1.91. The van der Waals surface area contributed by atoms with Gasteiger partial charge >= 0.3 is 0 Å². The fraction of sp³-hybridized carbons (Fsp3) is 0.176. The number of methoxy groups -OCH3 is 1. The van der Waals surface area contributed by atoms with E-state index in [1.807, 2.05) is 37.3 Å². The summed E-state index contributed by atoms with van der Waals surface area (Å²) in [6.45, 7) is 1.92. The van der Waals surface area contributed by atoms with E-state index < -0.39 is 0 Å². The molecule has 0 aliphatic rings. The van der Waals surface area contributed by atoms with Crippen LogP contribution in [0.2, 0.25) is 0 Å². The van der Waals surface area contributed by atoms with E-state index in [0.717, 1.165) is 33.4 Å². The van der Waals surface area contributed by atoms with Crippen LogP contribution in [0, 0.1) is 6.92 Å². The van der Waals surface area contributed by atoms with Gasteiger partial charge in [0.25, 0.3) is 0 Å². The van der Waals surface area contributed by atoms with Crippen LogP contribution in [-0.2, 0) is 0 Å². The molecule has 0 aliphatic heterocycles. The number of fused-ring (bicyclic) bond motifs is 1. The number of alkyl halides is 1. The molecule has 0 saturated carbocycles. The van der Waals surface area contributed by atoms with E-state index in [4.69, 9.17) is 20.8 Å². The third kappa shape index (κ3) is 2.39. The highest BCUT2D eigenvalue weighted by Crippen LogP contribution is 2.32. The SMILES string of the molecule is COc1ccc2cc(C(Cl)c3coc(C)c3)ccc2c1. The molecular formula is C17H15ClO2. The molecule has 3 rings (SSSR count). The minimum Gasteiger partial charge on any atom is -0.497 e. The van der Waals surface area contributed by atoms with Crippen molar-refractivity contribution < 1.29 is 9.15 Å². The lowest BCUT2D eigenvalue weighted by molar-refractivity contribution is 0.415. The number of benzene rings is 2. The maximum atomic E-state index is 6.52. The predicted octanol–water partition coefficient (Wildman–Crippen LogP) is 5.08. The Bertz CT molecular complexity index is 746. The molecule has 1 atom stereocenters. The van der Waals surface area contributed by atoms with Crippen molar-refractivity contribution in [3.8, 4) is 5.75 Å². The molecule has 1 unspecified atom stereocenters. The molecule has 2 nitrogen and oxygen atoms in total. The highest BCUT2D eigenvalue weighted by Gasteiger charge is 2.13. The summed E-state index contributed by atoms with van der Waals surface area (Å²) < 4.78 is 10.6. The normalized spacial score (nSPS) is 12.6. The van der Waals surface area contributed by atoms with Crippen molar-refractivity contribution in [3.63, 3.8) is 0 Å². The second-order valence-electron chi connectivity index (χ2n) is 4.83. The fourth-order valence-electron chi connectivity index (χ4n) is 2.32. The molecule has 0 radical (unpaired) electrons. The van der Waals surface area contributed by atoms with Gasteiger partial charge in [-0.1, -0.05) is 18.2 Å². The summed E-state index contributed by atoms with van der Waals surface area (Å²) in [6.07, 6.45) is 1.71. The lowest BCUT2D eigenvalue weighted by Gasteiger charge is -2.09. The first-order valence-electron chi connectivity index (χ1n) is 6.44. The molecule has 3 heteroatoms. The number of furan rings is 1. The van der Waals surface area contributed by atoms with Crippen LogP contribution in [0.15, 0.2) is 53.1 Å². The first kappa shape index (κ1) is 13.1. The van der Waals surface area contributed by atoms with E-state index in [1.54, 1.807) is 13.4 Å². The van der Waals surface area contributed by atoms with Crippen LogP contribution in [-0.4, -0.2) is 7.11 Å². The van der Waals surface area contributed by atoms with Gasteiger partial charge in [-0.2, -0.15) is 0 Å². The maximum Gasteiger partial charge on any atom is 0.119 e. The predicted molar refractivity (Wildman–Crippen MR) is 81.6 cm³/mol. The quantitative estimate of drug-likeness (QED) is 0.627. The van der Waals surface area contributed by atoms with Gasteiger partial charge in [0.1, 0.15) is 11.5 Å². The van der Waals surface area contributed by atoms with Crippen molar-refractivity contribution >= 4 is 22.4 Å². The van der Waals surface area contributed by atoms with Crippen LogP contribution < -0.4 is 4.74 Å². The van der Waals surface area contributed by atoms with Crippen molar-refractivity contribution in [2.24, 2.45) is 0 Å². The van der Waals surface area contributed by atoms with E-state index in [0.29, 0.717) is 0 Å². The summed E-state index contributed by atoms with van der Waals surface area (Å²) in [5.41, 5.74) is 2.04. The van der Waals surface area contributed by atoms with Crippen molar-refractivity contribution in [2.75, 3.05) is 7.11 Å². The minimum absolute atomic E-state index is 0.195. The van der Waals surface area contributed by atoms with Crippen LogP contribution in [0.5, 0.6) is 5.75 Å². The van der Waals surface area contributed by atoms with Gasteiger partial charge in [0.05, 0.1) is 18.8 Å². The summed E-state index contributed by atoms with van der Waals surface area (Å²) in [7, 11) is 1.67. The van der Waals surface area contributed by atoms with E-state index in [9.17, 15) is 0 Å². The van der Waals surface area contributed by atoms with Gasteiger partial charge < -0.3 is 9.15 Å². The van der Waals surface area contributed by atoms with Crippen LogP contribution in [0.1, 0.15) is 22.3 Å². The Balaban J connectivity index is 2.00. The summed E-state index contributed by atoms with van der Waals surface area (Å²) in [4.78, 5) is 0. The van der Waals surface area contributed by atoms with Crippen LogP contribution in [0.3, 0.4) is 0 Å².